The van der Waals surface area contributed by atoms with Crippen LogP contribution in [0.15, 0.2) is 11.2 Å². The Morgan fingerprint density at radius 3 is 2.55 bits per heavy atom. The maximum Gasteiger partial charge on any atom is 0.191 e. The molecule has 0 atom stereocenters. The predicted octanol–water partition coefficient (Wildman–Crippen LogP) is 4.20. The summed E-state index contributed by atoms with van der Waals surface area (Å²) in [5.74, 6) is 0.860. The van der Waals surface area contributed by atoms with Crippen LogP contribution in [0, 0.1) is 5.41 Å². The maximum absolute atomic E-state index is 4.40. The average Bonchev–Trinajstić information content (AvgIpc) is 2.88. The molecule has 2 N–H and O–H groups in total. The van der Waals surface area contributed by atoms with Crippen molar-refractivity contribution in [1.29, 1.82) is 0 Å². The van der Waals surface area contributed by atoms with E-state index in [0.29, 0.717) is 5.41 Å². The van der Waals surface area contributed by atoms with Crippen molar-refractivity contribution in [3.05, 3.63) is 16.1 Å². The van der Waals surface area contributed by atoms with Crippen LogP contribution in [0.3, 0.4) is 0 Å². The number of nitrogens with one attached hydrogen (secondary N) is 2. The normalized spacial score (nSPS) is 12.0. The SMILES string of the molecule is CCc1cnc(CNC(=NC)NCCCCC(C)(C)C)s1.I. The summed E-state index contributed by atoms with van der Waals surface area (Å²) < 4.78 is 0. The maximum atomic E-state index is 4.40. The first kappa shape index (κ1) is 21.6. The molecular formula is C16H31IN4S. The van der Waals surface area contributed by atoms with Gasteiger partial charge in [-0.25, -0.2) is 4.98 Å². The number of aromatic nitrogens is 1. The molecule has 0 radical (unpaired) electrons. The van der Waals surface area contributed by atoms with Gasteiger partial charge >= 0.3 is 0 Å². The number of nitrogens with zero attached hydrogens (tertiary/aromatic N) is 2. The minimum absolute atomic E-state index is 0. The first-order chi connectivity index (χ1) is 9.94. The molecule has 0 bridgehead atoms. The van der Waals surface area contributed by atoms with Crippen molar-refractivity contribution in [3.63, 3.8) is 0 Å². The minimum atomic E-state index is 0. The summed E-state index contributed by atoms with van der Waals surface area (Å²) in [6.45, 7) is 10.7. The lowest BCUT2D eigenvalue weighted by molar-refractivity contribution is 0.360. The van der Waals surface area contributed by atoms with Gasteiger partial charge in [0.15, 0.2) is 5.96 Å². The molecule has 0 aromatic carbocycles. The summed E-state index contributed by atoms with van der Waals surface area (Å²) in [4.78, 5) is 9.98. The largest absolute Gasteiger partial charge is 0.356 e. The van der Waals surface area contributed by atoms with Gasteiger partial charge in [0.2, 0.25) is 0 Å². The number of guanidine groups is 1. The van der Waals surface area contributed by atoms with Gasteiger partial charge in [0.05, 0.1) is 6.54 Å². The minimum Gasteiger partial charge on any atom is -0.356 e. The summed E-state index contributed by atoms with van der Waals surface area (Å²) >= 11 is 1.76. The monoisotopic (exact) mass is 438 g/mol. The van der Waals surface area contributed by atoms with Gasteiger partial charge in [0.1, 0.15) is 5.01 Å². The van der Waals surface area contributed by atoms with Gasteiger partial charge in [0, 0.05) is 24.7 Å². The number of thiazole rings is 1. The Balaban J connectivity index is 0.00000441. The summed E-state index contributed by atoms with van der Waals surface area (Å²) in [6.07, 6.45) is 6.71. The average molecular weight is 438 g/mol. The molecule has 128 valence electrons. The quantitative estimate of drug-likeness (QED) is 0.290. The van der Waals surface area contributed by atoms with Gasteiger partial charge < -0.3 is 10.6 Å². The van der Waals surface area contributed by atoms with Gasteiger partial charge in [0.25, 0.3) is 0 Å². The van der Waals surface area contributed by atoms with Gasteiger partial charge in [-0.1, -0.05) is 34.1 Å². The standard InChI is InChI=1S/C16H30N4S.HI/c1-6-13-11-19-14(21-13)12-20-15(17-5)18-10-8-7-9-16(2,3)4;/h11H,6-10,12H2,1-5H3,(H2,17,18,20);1H. The molecule has 0 saturated carbocycles. The highest BCUT2D eigenvalue weighted by Gasteiger charge is 2.09. The van der Waals surface area contributed by atoms with Gasteiger partial charge in [-0.2, -0.15) is 0 Å². The van der Waals surface area contributed by atoms with Gasteiger partial charge in [-0.15, -0.1) is 35.3 Å². The predicted molar refractivity (Wildman–Crippen MR) is 108 cm³/mol. The van der Waals surface area contributed by atoms with Crippen molar-refractivity contribution in [3.8, 4) is 0 Å². The van der Waals surface area contributed by atoms with E-state index in [4.69, 9.17) is 0 Å². The van der Waals surface area contributed by atoms with E-state index in [0.717, 1.165) is 30.5 Å². The fourth-order valence-corrected chi connectivity index (χ4v) is 2.76. The fraction of sp³-hybridized carbons (Fsp3) is 0.750. The number of hydrogen-bond acceptors (Lipinski definition) is 3. The van der Waals surface area contributed by atoms with Crippen molar-refractivity contribution in [1.82, 2.24) is 15.6 Å². The molecule has 0 unspecified atom stereocenters. The summed E-state index contributed by atoms with van der Waals surface area (Å²) in [5, 5.41) is 7.79. The van der Waals surface area contributed by atoms with E-state index in [9.17, 15) is 0 Å². The second-order valence-corrected chi connectivity index (χ2v) is 7.64. The molecule has 1 rings (SSSR count). The summed E-state index contributed by atoms with van der Waals surface area (Å²) in [7, 11) is 1.81. The highest BCUT2D eigenvalue weighted by atomic mass is 127. The van der Waals surface area contributed by atoms with Crippen molar-refractivity contribution in [2.75, 3.05) is 13.6 Å². The van der Waals surface area contributed by atoms with Crippen LogP contribution < -0.4 is 10.6 Å². The van der Waals surface area contributed by atoms with E-state index >= 15 is 0 Å². The molecule has 0 aliphatic rings. The van der Waals surface area contributed by atoms with Crippen LogP contribution in [-0.2, 0) is 13.0 Å². The Hall–Kier alpha value is -0.370. The highest BCUT2D eigenvalue weighted by Crippen LogP contribution is 2.21. The summed E-state index contributed by atoms with van der Waals surface area (Å²) in [6, 6.07) is 0. The fourth-order valence-electron chi connectivity index (χ4n) is 1.96. The lowest BCUT2D eigenvalue weighted by atomic mass is 9.90. The van der Waals surface area contributed by atoms with Crippen molar-refractivity contribution in [2.45, 2.75) is 59.9 Å². The molecular weight excluding hydrogens is 407 g/mol. The zero-order valence-electron chi connectivity index (χ0n) is 14.5. The van der Waals surface area contributed by atoms with E-state index < -0.39 is 0 Å². The van der Waals surface area contributed by atoms with Gasteiger partial charge in [-0.05, 0) is 24.7 Å². The van der Waals surface area contributed by atoms with Gasteiger partial charge in [-0.3, -0.25) is 4.99 Å². The van der Waals surface area contributed by atoms with E-state index in [1.54, 1.807) is 11.3 Å². The Kier molecular flexibility index (Phi) is 11.0. The number of aliphatic imine (C=N–C) groups is 1. The molecule has 6 heteroatoms. The topological polar surface area (TPSA) is 49.3 Å². The lowest BCUT2D eigenvalue weighted by Gasteiger charge is -2.18. The van der Waals surface area contributed by atoms with Crippen molar-refractivity contribution < 1.29 is 0 Å². The molecule has 1 aromatic heterocycles. The number of rotatable bonds is 7. The zero-order chi connectivity index (χ0) is 15.7. The lowest BCUT2D eigenvalue weighted by Crippen LogP contribution is -2.37. The molecule has 0 amide bonds. The number of halogens is 1. The third-order valence-electron chi connectivity index (χ3n) is 3.23. The molecule has 0 saturated heterocycles. The smallest absolute Gasteiger partial charge is 0.191 e. The van der Waals surface area contributed by atoms with E-state index in [-0.39, 0.29) is 24.0 Å². The zero-order valence-corrected chi connectivity index (χ0v) is 17.7. The summed E-state index contributed by atoms with van der Waals surface area (Å²) in [5.41, 5.74) is 0.432. The Morgan fingerprint density at radius 1 is 1.27 bits per heavy atom. The van der Waals surface area contributed by atoms with Crippen molar-refractivity contribution >= 4 is 41.3 Å². The van der Waals surface area contributed by atoms with Crippen LogP contribution >= 0.6 is 35.3 Å². The molecule has 22 heavy (non-hydrogen) atoms. The molecule has 0 aliphatic heterocycles. The number of aryl methyl sites for hydroxylation is 1. The second kappa shape index (κ2) is 11.2. The van der Waals surface area contributed by atoms with Crippen LogP contribution in [0.5, 0.6) is 0 Å². The molecule has 0 fully saturated rings. The first-order valence-electron chi connectivity index (χ1n) is 7.82. The Labute approximate surface area is 156 Å². The second-order valence-electron chi connectivity index (χ2n) is 6.44. The van der Waals surface area contributed by atoms with E-state index in [2.05, 4.69) is 48.3 Å². The number of unbranched alkanes of at least 4 members (excludes halogenated alkanes) is 1. The molecule has 0 spiro atoms. The highest BCUT2D eigenvalue weighted by molar-refractivity contribution is 14.0. The van der Waals surface area contributed by atoms with Crippen LogP contribution in [-0.4, -0.2) is 24.5 Å². The first-order valence-corrected chi connectivity index (χ1v) is 8.64. The third-order valence-corrected chi connectivity index (χ3v) is 4.37. The molecule has 1 aromatic rings. The number of hydrogen-bond donors (Lipinski definition) is 2. The van der Waals surface area contributed by atoms with E-state index in [1.807, 2.05) is 13.2 Å². The Morgan fingerprint density at radius 2 is 2.00 bits per heavy atom. The van der Waals surface area contributed by atoms with Crippen molar-refractivity contribution in [2.24, 2.45) is 10.4 Å². The van der Waals surface area contributed by atoms with Crippen LogP contribution in [0.1, 0.15) is 56.8 Å². The van der Waals surface area contributed by atoms with E-state index in [1.165, 1.54) is 24.1 Å². The Bertz CT molecular complexity index is 438. The molecule has 1 heterocycles. The van der Waals surface area contributed by atoms with Crippen LogP contribution in [0.4, 0.5) is 0 Å². The molecule has 0 aliphatic carbocycles. The molecule has 4 nitrogen and oxygen atoms in total. The third kappa shape index (κ3) is 9.61. The van der Waals surface area contributed by atoms with Crippen LogP contribution in [0.25, 0.3) is 0 Å². The van der Waals surface area contributed by atoms with Crippen LogP contribution in [0.2, 0.25) is 0 Å².